The first kappa shape index (κ1) is 58.4. The summed E-state index contributed by atoms with van der Waals surface area (Å²) < 4.78 is 81.0. The van der Waals surface area contributed by atoms with Crippen molar-refractivity contribution >= 4 is 47.4 Å². The lowest BCUT2D eigenvalue weighted by molar-refractivity contribution is -0.144. The maximum Gasteiger partial charge on any atom is 0.416 e. The number of carboxylic acids is 2. The Morgan fingerprint density at radius 1 is 0.639 bits per heavy atom. The lowest BCUT2D eigenvalue weighted by atomic mass is 9.88. The Hall–Kier alpha value is -6.22. The van der Waals surface area contributed by atoms with E-state index in [-0.39, 0.29) is 82.7 Å². The molecule has 0 spiro atoms. The molecule has 16 nitrogen and oxygen atoms in total. The summed E-state index contributed by atoms with van der Waals surface area (Å²) in [6.07, 6.45) is -3.13. The molecule has 0 heterocycles. The molecule has 0 radical (unpaired) electrons. The van der Waals surface area contributed by atoms with E-state index >= 15 is 0 Å². The smallest absolute Gasteiger partial charge is 0.416 e. The Morgan fingerprint density at radius 3 is 1.67 bits per heavy atom. The summed E-state index contributed by atoms with van der Waals surface area (Å²) in [5.74, 6) is -7.07. The number of hydrogen-bond acceptors (Lipinski definition) is 8. The van der Waals surface area contributed by atoms with Crippen molar-refractivity contribution < 1.29 is 74.9 Å². The van der Waals surface area contributed by atoms with Gasteiger partial charge in [-0.15, -0.1) is 0 Å². The molecule has 6 N–H and O–H groups in total. The molecule has 2 aliphatic rings. The zero-order valence-corrected chi connectivity index (χ0v) is 40.4. The quantitative estimate of drug-likeness (QED) is 0.0443. The molecule has 2 fully saturated rings. The summed E-state index contributed by atoms with van der Waals surface area (Å²) in [5.41, 5.74) is -3.59. The second kappa shape index (κ2) is 28.1. The third kappa shape index (κ3) is 20.1. The molecule has 0 aliphatic heterocycles. The normalized spacial score (nSPS) is 15.8. The van der Waals surface area contributed by atoms with Gasteiger partial charge < -0.3 is 41.3 Å². The topological polar surface area (TPSA) is 232 Å². The number of aliphatic carboxylic acids is 2. The van der Waals surface area contributed by atoms with Gasteiger partial charge in [0.1, 0.15) is 18.1 Å². The van der Waals surface area contributed by atoms with Crippen LogP contribution in [-0.4, -0.2) is 118 Å². The van der Waals surface area contributed by atoms with Gasteiger partial charge in [-0.2, -0.15) is 26.3 Å². The van der Waals surface area contributed by atoms with Gasteiger partial charge in [-0.05, 0) is 80.5 Å². The van der Waals surface area contributed by atoms with Gasteiger partial charge in [0.05, 0.1) is 24.0 Å². The number of unbranched alkanes of at least 4 members (excludes halogenated alkanes) is 1. The Morgan fingerprint density at radius 2 is 1.17 bits per heavy atom. The first-order valence-electron chi connectivity index (χ1n) is 24.5. The van der Waals surface area contributed by atoms with Gasteiger partial charge in [0.2, 0.25) is 29.5 Å². The van der Waals surface area contributed by atoms with Crippen molar-refractivity contribution in [3.63, 3.8) is 0 Å². The number of nitrogens with one attached hydrogen (secondary N) is 4. The summed E-state index contributed by atoms with van der Waals surface area (Å²) in [6, 6.07) is 5.08. The van der Waals surface area contributed by atoms with Crippen LogP contribution in [0.4, 0.5) is 26.3 Å². The van der Waals surface area contributed by atoms with Crippen LogP contribution in [0, 0.1) is 11.8 Å². The zero-order chi connectivity index (χ0) is 53.0. The van der Waals surface area contributed by atoms with Gasteiger partial charge >= 0.3 is 24.3 Å². The largest absolute Gasteiger partial charge is 0.481 e. The number of alkyl halides is 6. The third-order valence-electron chi connectivity index (χ3n) is 12.9. The van der Waals surface area contributed by atoms with Crippen LogP contribution < -0.4 is 21.3 Å². The van der Waals surface area contributed by atoms with E-state index in [1.54, 1.807) is 30.3 Å². The van der Waals surface area contributed by atoms with Crippen LogP contribution in [0.15, 0.2) is 48.5 Å². The van der Waals surface area contributed by atoms with Crippen molar-refractivity contribution in [3.05, 3.63) is 70.8 Å². The van der Waals surface area contributed by atoms with Gasteiger partial charge in [-0.25, -0.2) is 0 Å². The van der Waals surface area contributed by atoms with Crippen molar-refractivity contribution in [2.75, 3.05) is 32.7 Å². The SMILES string of the molecule is CC(=O)N[C@@H](CC(=O)O)C(=O)N(CCC(=O)N[C@H](CCCCNC(=O)c1cc(C(F)(F)F)cc(C(F)(F)F)c1)C(=O)N[C@@H](Cc1ccccc1)C(=O)N(CCC(=O)O)CC1CCCCC1)CC1CCCCC1. The van der Waals surface area contributed by atoms with E-state index in [1.807, 2.05) is 0 Å². The Labute approximate surface area is 414 Å². The highest BCUT2D eigenvalue weighted by Crippen LogP contribution is 2.36. The van der Waals surface area contributed by atoms with Crippen molar-refractivity contribution in [2.45, 2.75) is 147 Å². The standard InChI is InChI=1S/C50H66F6N6O10/c1-32(63)58-41(29-44(67)68)48(72)61(30-34-15-7-3-8-16-34)23-20-42(64)59-39(19-11-12-22-57-45(69)36-26-37(49(51,52)53)28-38(27-36)50(54,55)56)46(70)60-40(25-33-13-5-2-6-14-33)47(71)62(24-21-43(65)66)31-35-17-9-4-10-18-35/h2,5-6,13-14,26-28,34-35,39-41H,3-4,7-12,15-25,29-31H2,1H3,(H,57,69)(H,58,63)(H,59,64)(H,60,70)(H,65,66)(H,67,68)/t39-,40+,41+/m1/s1. The maximum atomic E-state index is 14.5. The van der Waals surface area contributed by atoms with Gasteiger partial charge in [0.25, 0.3) is 5.91 Å². The molecule has 0 unspecified atom stereocenters. The molecule has 22 heteroatoms. The number of nitrogens with zero attached hydrogens (tertiary/aromatic N) is 2. The number of hydrogen-bond donors (Lipinski definition) is 6. The van der Waals surface area contributed by atoms with E-state index in [0.717, 1.165) is 71.1 Å². The summed E-state index contributed by atoms with van der Waals surface area (Å²) in [6.45, 7) is 0.892. The van der Waals surface area contributed by atoms with Gasteiger partial charge in [-0.3, -0.25) is 38.4 Å². The van der Waals surface area contributed by atoms with Crippen molar-refractivity contribution in [2.24, 2.45) is 11.8 Å². The molecule has 2 saturated carbocycles. The van der Waals surface area contributed by atoms with E-state index in [2.05, 4.69) is 21.3 Å². The molecule has 4 rings (SSSR count). The second-order valence-corrected chi connectivity index (χ2v) is 18.7. The molecule has 0 saturated heterocycles. The minimum absolute atomic E-state index is 0.00495. The van der Waals surface area contributed by atoms with Crippen LogP contribution in [0.2, 0.25) is 0 Å². The van der Waals surface area contributed by atoms with Crippen LogP contribution in [0.3, 0.4) is 0 Å². The number of rotatable bonds is 26. The maximum absolute atomic E-state index is 14.5. The molecule has 2 aromatic rings. The zero-order valence-electron chi connectivity index (χ0n) is 40.4. The van der Waals surface area contributed by atoms with Crippen LogP contribution in [0.1, 0.15) is 137 Å². The summed E-state index contributed by atoms with van der Waals surface area (Å²) in [5, 5.41) is 29.2. The first-order valence-corrected chi connectivity index (χ1v) is 24.5. The highest BCUT2D eigenvalue weighted by atomic mass is 19.4. The number of carboxylic acid groups (broad SMARTS) is 2. The molecular formula is C50H66F6N6O10. The molecule has 2 aliphatic carbocycles. The van der Waals surface area contributed by atoms with Gasteiger partial charge in [-0.1, -0.05) is 68.9 Å². The predicted molar refractivity (Wildman–Crippen MR) is 250 cm³/mol. The van der Waals surface area contributed by atoms with Crippen molar-refractivity contribution in [1.82, 2.24) is 31.1 Å². The molecule has 72 heavy (non-hydrogen) atoms. The Balaban J connectivity index is 1.59. The third-order valence-corrected chi connectivity index (χ3v) is 12.9. The number of amides is 6. The average molecular weight is 1030 g/mol. The van der Waals surface area contributed by atoms with Crippen LogP contribution in [0.25, 0.3) is 0 Å². The molecule has 6 amide bonds. The fourth-order valence-electron chi connectivity index (χ4n) is 9.19. The number of carbonyl (C=O) groups excluding carboxylic acids is 6. The molecule has 3 atom stereocenters. The van der Waals surface area contributed by atoms with E-state index in [1.165, 1.54) is 9.80 Å². The molecular weight excluding hydrogens is 959 g/mol. The van der Waals surface area contributed by atoms with Crippen LogP contribution in [0.5, 0.6) is 0 Å². The average Bonchev–Trinajstić information content (AvgIpc) is 3.32. The Kier molecular flexibility index (Phi) is 22.8. The molecule has 398 valence electrons. The lowest BCUT2D eigenvalue weighted by Gasteiger charge is -2.33. The van der Waals surface area contributed by atoms with Gasteiger partial charge in [0, 0.05) is 58.1 Å². The minimum Gasteiger partial charge on any atom is -0.481 e. The molecule has 0 aromatic heterocycles. The van der Waals surface area contributed by atoms with E-state index < -0.39 is 107 Å². The van der Waals surface area contributed by atoms with Gasteiger partial charge in [0.15, 0.2) is 0 Å². The fourth-order valence-corrected chi connectivity index (χ4v) is 9.19. The summed E-state index contributed by atoms with van der Waals surface area (Å²) >= 11 is 0. The highest BCUT2D eigenvalue weighted by molar-refractivity contribution is 5.95. The summed E-state index contributed by atoms with van der Waals surface area (Å²) in [4.78, 5) is 108. The van der Waals surface area contributed by atoms with Crippen LogP contribution >= 0.6 is 0 Å². The lowest BCUT2D eigenvalue weighted by Crippen LogP contribution is -2.56. The fraction of sp³-hybridized carbons (Fsp3) is 0.600. The number of carbonyl (C=O) groups is 8. The van der Waals surface area contributed by atoms with Crippen molar-refractivity contribution in [3.8, 4) is 0 Å². The van der Waals surface area contributed by atoms with E-state index in [9.17, 15) is 74.9 Å². The first-order chi connectivity index (χ1) is 34.0. The molecule has 2 aromatic carbocycles. The number of benzene rings is 2. The number of halogens is 6. The second-order valence-electron chi connectivity index (χ2n) is 18.7. The van der Waals surface area contributed by atoms with E-state index in [0.29, 0.717) is 17.7 Å². The van der Waals surface area contributed by atoms with Crippen LogP contribution in [-0.2, 0) is 52.3 Å². The summed E-state index contributed by atoms with van der Waals surface area (Å²) in [7, 11) is 0. The molecule has 0 bridgehead atoms. The van der Waals surface area contributed by atoms with E-state index in [4.69, 9.17) is 0 Å². The predicted octanol–water partition coefficient (Wildman–Crippen LogP) is 6.50. The van der Waals surface area contributed by atoms with Crippen molar-refractivity contribution in [1.29, 1.82) is 0 Å². The monoisotopic (exact) mass is 1020 g/mol. The minimum atomic E-state index is -5.19. The highest BCUT2D eigenvalue weighted by Gasteiger charge is 2.38. The Bertz CT molecular complexity index is 2120.